The van der Waals surface area contributed by atoms with Crippen LogP contribution in [0.2, 0.25) is 5.02 Å². The Morgan fingerprint density at radius 3 is 2.58 bits per heavy atom. The minimum Gasteiger partial charge on any atom is -0.489 e. The number of rotatable bonds is 7. The van der Waals surface area contributed by atoms with Gasteiger partial charge in [-0.25, -0.2) is 0 Å². The van der Waals surface area contributed by atoms with Crippen molar-refractivity contribution < 1.29 is 9.53 Å². The van der Waals surface area contributed by atoms with Crippen LogP contribution in [0.5, 0.6) is 5.75 Å². The number of benzene rings is 2. The first-order valence-electron chi connectivity index (χ1n) is 7.61. The lowest BCUT2D eigenvalue weighted by atomic mass is 10.2. The zero-order valence-electron chi connectivity index (χ0n) is 13.9. The third-order valence-electron chi connectivity index (χ3n) is 3.27. The molecule has 126 valence electrons. The van der Waals surface area contributed by atoms with Gasteiger partial charge in [0.2, 0.25) is 5.91 Å². The first kappa shape index (κ1) is 17.9. The molecule has 0 saturated heterocycles. The second-order valence-corrected chi connectivity index (χ2v) is 6.07. The third-order valence-corrected chi connectivity index (χ3v) is 3.50. The van der Waals surface area contributed by atoms with E-state index in [9.17, 15) is 4.79 Å². The van der Waals surface area contributed by atoms with Crippen LogP contribution >= 0.6 is 11.6 Å². The zero-order valence-corrected chi connectivity index (χ0v) is 14.6. The van der Waals surface area contributed by atoms with Crippen molar-refractivity contribution >= 4 is 28.9 Å². The van der Waals surface area contributed by atoms with Crippen molar-refractivity contribution in [1.29, 1.82) is 0 Å². The number of hydrogen-bond donors (Lipinski definition) is 2. The maximum atomic E-state index is 12.0. The average Bonchev–Trinajstić information content (AvgIpc) is 2.55. The average molecular weight is 345 g/mol. The Hall–Kier alpha value is -2.46. The van der Waals surface area contributed by atoms with E-state index in [-0.39, 0.29) is 12.5 Å². The molecule has 0 heterocycles. The summed E-state index contributed by atoms with van der Waals surface area (Å²) in [6.45, 7) is 8.28. The Kier molecular flexibility index (Phi) is 6.27. The van der Waals surface area contributed by atoms with Gasteiger partial charge in [0, 0.05) is 16.4 Å². The Morgan fingerprint density at radius 1 is 1.21 bits per heavy atom. The van der Waals surface area contributed by atoms with Gasteiger partial charge in [-0.1, -0.05) is 24.2 Å². The standard InChI is InChI=1S/C19H21ClN2O2/c1-13(2)12-24-17-8-6-16(7-9-17)21-11-19(23)22-18-10-15(20)5-4-14(18)3/h4-10,21H,1,11-12H2,2-3H3,(H,22,23). The molecule has 0 aliphatic heterocycles. The fraction of sp³-hybridized carbons (Fsp3) is 0.211. The van der Waals surface area contributed by atoms with Gasteiger partial charge in [0.15, 0.2) is 0 Å². The Labute approximate surface area is 147 Å². The van der Waals surface area contributed by atoms with Crippen LogP contribution in [0.25, 0.3) is 0 Å². The molecule has 24 heavy (non-hydrogen) atoms. The molecule has 0 atom stereocenters. The number of aryl methyl sites for hydroxylation is 1. The molecule has 2 N–H and O–H groups in total. The van der Waals surface area contributed by atoms with E-state index in [4.69, 9.17) is 16.3 Å². The quantitative estimate of drug-likeness (QED) is 0.718. The number of amides is 1. The van der Waals surface area contributed by atoms with Crippen molar-refractivity contribution in [3.05, 3.63) is 65.2 Å². The highest BCUT2D eigenvalue weighted by Crippen LogP contribution is 2.20. The second-order valence-electron chi connectivity index (χ2n) is 5.63. The molecule has 1 amide bonds. The topological polar surface area (TPSA) is 50.4 Å². The summed E-state index contributed by atoms with van der Waals surface area (Å²) >= 11 is 5.95. The van der Waals surface area contributed by atoms with Gasteiger partial charge in [-0.3, -0.25) is 4.79 Å². The molecule has 0 saturated carbocycles. The van der Waals surface area contributed by atoms with E-state index in [1.165, 1.54) is 0 Å². The Balaban J connectivity index is 1.85. The van der Waals surface area contributed by atoms with Crippen LogP contribution in [0, 0.1) is 6.92 Å². The van der Waals surface area contributed by atoms with Crippen LogP contribution in [0.4, 0.5) is 11.4 Å². The fourth-order valence-corrected chi connectivity index (χ4v) is 2.15. The summed E-state index contributed by atoms with van der Waals surface area (Å²) in [5, 5.41) is 6.51. The third kappa shape index (κ3) is 5.63. The maximum Gasteiger partial charge on any atom is 0.243 e. The molecule has 5 heteroatoms. The predicted octanol–water partition coefficient (Wildman–Crippen LogP) is 4.65. The van der Waals surface area contributed by atoms with Crippen molar-refractivity contribution in [3.63, 3.8) is 0 Å². The van der Waals surface area contributed by atoms with Crippen LogP contribution in [-0.4, -0.2) is 19.1 Å². The summed E-state index contributed by atoms with van der Waals surface area (Å²) in [4.78, 5) is 12.0. The number of hydrogen-bond acceptors (Lipinski definition) is 3. The molecule has 4 nitrogen and oxygen atoms in total. The Morgan fingerprint density at radius 2 is 1.92 bits per heavy atom. The number of nitrogens with one attached hydrogen (secondary N) is 2. The van der Waals surface area contributed by atoms with Gasteiger partial charge in [-0.05, 0) is 61.4 Å². The first-order valence-corrected chi connectivity index (χ1v) is 7.99. The van der Waals surface area contributed by atoms with E-state index in [1.54, 1.807) is 12.1 Å². The van der Waals surface area contributed by atoms with Crippen LogP contribution in [0.3, 0.4) is 0 Å². The van der Waals surface area contributed by atoms with Crippen molar-refractivity contribution in [2.75, 3.05) is 23.8 Å². The second kappa shape index (κ2) is 8.41. The molecular formula is C19H21ClN2O2. The molecule has 0 unspecified atom stereocenters. The lowest BCUT2D eigenvalue weighted by molar-refractivity contribution is -0.114. The summed E-state index contributed by atoms with van der Waals surface area (Å²) in [6.07, 6.45) is 0. The summed E-state index contributed by atoms with van der Waals surface area (Å²) < 4.78 is 5.53. The maximum absolute atomic E-state index is 12.0. The smallest absolute Gasteiger partial charge is 0.243 e. The highest BCUT2D eigenvalue weighted by Gasteiger charge is 2.05. The van der Waals surface area contributed by atoms with Gasteiger partial charge in [-0.2, -0.15) is 0 Å². The van der Waals surface area contributed by atoms with Crippen molar-refractivity contribution in [1.82, 2.24) is 0 Å². The van der Waals surface area contributed by atoms with Gasteiger partial charge in [-0.15, -0.1) is 0 Å². The Bertz CT molecular complexity index is 727. The van der Waals surface area contributed by atoms with E-state index in [1.807, 2.05) is 44.2 Å². The molecule has 0 aliphatic carbocycles. The van der Waals surface area contributed by atoms with E-state index in [0.717, 1.165) is 28.3 Å². The van der Waals surface area contributed by atoms with Gasteiger partial charge < -0.3 is 15.4 Å². The molecular weight excluding hydrogens is 324 g/mol. The fourth-order valence-electron chi connectivity index (χ4n) is 1.98. The highest BCUT2D eigenvalue weighted by atomic mass is 35.5. The normalized spacial score (nSPS) is 10.1. The van der Waals surface area contributed by atoms with Crippen LogP contribution in [-0.2, 0) is 4.79 Å². The van der Waals surface area contributed by atoms with E-state index < -0.39 is 0 Å². The molecule has 0 aromatic heterocycles. The number of carbonyl (C=O) groups excluding carboxylic acids is 1. The van der Waals surface area contributed by atoms with Crippen LogP contribution in [0.1, 0.15) is 12.5 Å². The number of halogens is 1. The number of anilines is 2. The molecule has 2 aromatic carbocycles. The lowest BCUT2D eigenvalue weighted by Crippen LogP contribution is -2.22. The lowest BCUT2D eigenvalue weighted by Gasteiger charge is -2.11. The summed E-state index contributed by atoms with van der Waals surface area (Å²) in [5.41, 5.74) is 3.49. The van der Waals surface area contributed by atoms with Gasteiger partial charge >= 0.3 is 0 Å². The molecule has 0 bridgehead atoms. The molecule has 2 rings (SSSR count). The van der Waals surface area contributed by atoms with Crippen LogP contribution in [0.15, 0.2) is 54.6 Å². The van der Waals surface area contributed by atoms with E-state index >= 15 is 0 Å². The van der Waals surface area contributed by atoms with Crippen molar-refractivity contribution in [3.8, 4) is 5.75 Å². The molecule has 0 fully saturated rings. The van der Waals surface area contributed by atoms with E-state index in [0.29, 0.717) is 11.6 Å². The molecule has 2 aromatic rings. The predicted molar refractivity (Wildman–Crippen MR) is 100 cm³/mol. The zero-order chi connectivity index (χ0) is 17.5. The van der Waals surface area contributed by atoms with Gasteiger partial charge in [0.05, 0.1) is 6.54 Å². The SMILES string of the molecule is C=C(C)COc1ccc(NCC(=O)Nc2cc(Cl)ccc2C)cc1. The van der Waals surface area contributed by atoms with E-state index in [2.05, 4.69) is 17.2 Å². The minimum atomic E-state index is -0.136. The monoisotopic (exact) mass is 344 g/mol. The summed E-state index contributed by atoms with van der Waals surface area (Å²) in [5.74, 6) is 0.630. The number of ether oxygens (including phenoxy) is 1. The highest BCUT2D eigenvalue weighted by molar-refractivity contribution is 6.31. The number of carbonyl (C=O) groups is 1. The molecule has 0 spiro atoms. The van der Waals surface area contributed by atoms with Crippen LogP contribution < -0.4 is 15.4 Å². The van der Waals surface area contributed by atoms with Gasteiger partial charge in [0.25, 0.3) is 0 Å². The summed E-state index contributed by atoms with van der Waals surface area (Å²) in [6, 6.07) is 12.8. The van der Waals surface area contributed by atoms with Crippen molar-refractivity contribution in [2.45, 2.75) is 13.8 Å². The summed E-state index contributed by atoms with van der Waals surface area (Å²) in [7, 11) is 0. The minimum absolute atomic E-state index is 0.136. The molecule has 0 radical (unpaired) electrons. The van der Waals surface area contributed by atoms with Crippen molar-refractivity contribution in [2.24, 2.45) is 0 Å². The largest absolute Gasteiger partial charge is 0.489 e. The van der Waals surface area contributed by atoms with Gasteiger partial charge in [0.1, 0.15) is 12.4 Å². The molecule has 0 aliphatic rings. The first-order chi connectivity index (χ1) is 11.4.